The zero-order valence-electron chi connectivity index (χ0n) is 16.0. The largest absolute Gasteiger partial charge is 0.378 e. The lowest BCUT2D eigenvalue weighted by molar-refractivity contribution is -0.384. The Morgan fingerprint density at radius 2 is 1.83 bits per heavy atom. The van der Waals surface area contributed by atoms with Gasteiger partial charge in [0.05, 0.1) is 18.1 Å². The molecule has 0 aliphatic carbocycles. The third kappa shape index (κ3) is 5.26. The van der Waals surface area contributed by atoms with Gasteiger partial charge in [-0.3, -0.25) is 19.7 Å². The third-order valence-corrected chi connectivity index (χ3v) is 4.48. The number of ether oxygens (including phenoxy) is 1. The molecule has 1 aliphatic rings. The molecule has 8 nitrogen and oxygen atoms in total. The number of carbonyl (C=O) groups excluding carboxylic acids is 2. The topological polar surface area (TPSA) is 102 Å². The molecule has 0 bridgehead atoms. The second kappa shape index (κ2) is 9.11. The van der Waals surface area contributed by atoms with E-state index >= 15 is 0 Å². The van der Waals surface area contributed by atoms with Crippen molar-refractivity contribution in [2.24, 2.45) is 0 Å². The van der Waals surface area contributed by atoms with Crippen molar-refractivity contribution in [2.45, 2.75) is 6.92 Å². The quantitative estimate of drug-likeness (QED) is 0.476. The van der Waals surface area contributed by atoms with Crippen LogP contribution in [0.4, 0.5) is 5.69 Å². The van der Waals surface area contributed by atoms with Gasteiger partial charge in [0.1, 0.15) is 5.70 Å². The van der Waals surface area contributed by atoms with Gasteiger partial charge in [0.2, 0.25) is 0 Å². The van der Waals surface area contributed by atoms with Crippen molar-refractivity contribution in [3.05, 3.63) is 81.0 Å². The van der Waals surface area contributed by atoms with Crippen molar-refractivity contribution in [1.82, 2.24) is 10.2 Å². The fourth-order valence-corrected chi connectivity index (χ4v) is 2.88. The number of rotatable bonds is 5. The number of morpholine rings is 1. The Morgan fingerprint density at radius 1 is 1.14 bits per heavy atom. The molecule has 8 heteroatoms. The number of carbonyl (C=O) groups is 2. The van der Waals surface area contributed by atoms with Gasteiger partial charge < -0.3 is 15.0 Å². The fraction of sp³-hybridized carbons (Fsp3) is 0.238. The van der Waals surface area contributed by atoms with E-state index in [1.54, 1.807) is 23.1 Å². The van der Waals surface area contributed by atoms with Crippen molar-refractivity contribution in [3.8, 4) is 0 Å². The van der Waals surface area contributed by atoms with Gasteiger partial charge in [-0.2, -0.15) is 0 Å². The molecule has 1 aliphatic heterocycles. The summed E-state index contributed by atoms with van der Waals surface area (Å²) in [6.07, 6.45) is 1.46. The highest BCUT2D eigenvalue weighted by Gasteiger charge is 2.23. The molecule has 0 radical (unpaired) electrons. The van der Waals surface area contributed by atoms with E-state index in [1.165, 1.54) is 24.3 Å². The Hall–Kier alpha value is -3.52. The van der Waals surface area contributed by atoms with Gasteiger partial charge in [-0.05, 0) is 30.7 Å². The molecule has 29 heavy (non-hydrogen) atoms. The number of non-ortho nitro benzene ring substituents is 1. The van der Waals surface area contributed by atoms with Crippen LogP contribution in [0.5, 0.6) is 0 Å². The summed E-state index contributed by atoms with van der Waals surface area (Å²) in [5, 5.41) is 13.7. The maximum atomic E-state index is 13.0. The van der Waals surface area contributed by atoms with Crippen molar-refractivity contribution in [1.29, 1.82) is 0 Å². The summed E-state index contributed by atoms with van der Waals surface area (Å²) in [4.78, 5) is 37.8. The van der Waals surface area contributed by atoms with Crippen LogP contribution in [0.2, 0.25) is 0 Å². The number of amides is 2. The third-order valence-electron chi connectivity index (χ3n) is 4.48. The van der Waals surface area contributed by atoms with Gasteiger partial charge >= 0.3 is 0 Å². The Balaban J connectivity index is 1.91. The van der Waals surface area contributed by atoms with Crippen molar-refractivity contribution < 1.29 is 19.2 Å². The Bertz CT molecular complexity index is 947. The lowest BCUT2D eigenvalue weighted by atomic mass is 10.1. The van der Waals surface area contributed by atoms with E-state index in [4.69, 9.17) is 4.74 Å². The summed E-state index contributed by atoms with van der Waals surface area (Å²) in [5.74, 6) is -0.788. The van der Waals surface area contributed by atoms with Gasteiger partial charge in [-0.1, -0.05) is 29.8 Å². The number of aryl methyl sites for hydroxylation is 1. The normalized spacial score (nSPS) is 14.4. The first-order valence-corrected chi connectivity index (χ1v) is 9.15. The molecule has 2 aromatic rings. The maximum Gasteiger partial charge on any atom is 0.270 e. The fourth-order valence-electron chi connectivity index (χ4n) is 2.88. The summed E-state index contributed by atoms with van der Waals surface area (Å²) in [7, 11) is 0. The second-order valence-corrected chi connectivity index (χ2v) is 6.63. The maximum absolute atomic E-state index is 13.0. The van der Waals surface area contributed by atoms with Gasteiger partial charge in [-0.15, -0.1) is 0 Å². The number of hydrogen-bond acceptors (Lipinski definition) is 5. The Morgan fingerprint density at radius 3 is 2.48 bits per heavy atom. The van der Waals surface area contributed by atoms with E-state index in [-0.39, 0.29) is 17.3 Å². The Kier molecular flexibility index (Phi) is 6.36. The molecular formula is C21H21N3O5. The molecule has 0 aromatic heterocycles. The number of hydrogen-bond donors (Lipinski definition) is 1. The molecule has 150 valence electrons. The second-order valence-electron chi connectivity index (χ2n) is 6.63. The monoisotopic (exact) mass is 395 g/mol. The zero-order valence-corrected chi connectivity index (χ0v) is 16.0. The van der Waals surface area contributed by atoms with Crippen LogP contribution >= 0.6 is 0 Å². The summed E-state index contributed by atoms with van der Waals surface area (Å²) in [6.45, 7) is 3.57. The summed E-state index contributed by atoms with van der Waals surface area (Å²) in [6, 6.07) is 12.9. The minimum absolute atomic E-state index is 0.0537. The lowest BCUT2D eigenvalue weighted by Crippen LogP contribution is -2.44. The number of nitro benzene ring substituents is 1. The van der Waals surface area contributed by atoms with Crippen molar-refractivity contribution in [2.75, 3.05) is 26.3 Å². The van der Waals surface area contributed by atoms with Crippen molar-refractivity contribution >= 4 is 23.6 Å². The standard InChI is InChI=1S/C21H21N3O5/c1-15-5-7-17(8-6-15)20(25)22-19(21(26)23-9-11-29-12-10-23)14-16-3-2-4-18(13-16)24(27)28/h2-8,13-14H,9-12H2,1H3,(H,22,25)/b19-14-. The van der Waals surface area contributed by atoms with E-state index in [9.17, 15) is 19.7 Å². The summed E-state index contributed by atoms with van der Waals surface area (Å²) in [5.41, 5.74) is 1.83. The van der Waals surface area contributed by atoms with Crippen LogP contribution in [-0.2, 0) is 9.53 Å². The minimum Gasteiger partial charge on any atom is -0.378 e. The molecule has 0 unspecified atom stereocenters. The SMILES string of the molecule is Cc1ccc(C(=O)N/C(=C\c2cccc([N+](=O)[O-])c2)C(=O)N2CCOCC2)cc1. The smallest absolute Gasteiger partial charge is 0.270 e. The minimum atomic E-state index is -0.508. The van der Waals surface area contributed by atoms with Crippen LogP contribution < -0.4 is 5.32 Å². The predicted octanol–water partition coefficient (Wildman–Crippen LogP) is 2.53. The molecule has 0 spiro atoms. The molecule has 2 amide bonds. The number of nitrogens with one attached hydrogen (secondary N) is 1. The zero-order chi connectivity index (χ0) is 20.8. The molecule has 0 saturated carbocycles. The van der Waals surface area contributed by atoms with Crippen molar-refractivity contribution in [3.63, 3.8) is 0 Å². The van der Waals surface area contributed by atoms with Crippen LogP contribution in [0.25, 0.3) is 6.08 Å². The highest BCUT2D eigenvalue weighted by molar-refractivity contribution is 6.05. The van der Waals surface area contributed by atoms with E-state index in [1.807, 2.05) is 19.1 Å². The molecular weight excluding hydrogens is 374 g/mol. The number of nitro groups is 1. The molecule has 1 N–H and O–H groups in total. The van der Waals surface area contributed by atoms with E-state index in [0.717, 1.165) is 5.56 Å². The van der Waals surface area contributed by atoms with Crippen LogP contribution in [0.3, 0.4) is 0 Å². The average Bonchev–Trinajstić information content (AvgIpc) is 2.74. The van der Waals surface area contributed by atoms with Gasteiger partial charge in [0.15, 0.2) is 0 Å². The Labute approximate surface area is 167 Å². The van der Waals surface area contributed by atoms with E-state index in [0.29, 0.717) is 37.4 Å². The number of nitrogens with zero attached hydrogens (tertiary/aromatic N) is 2. The van der Waals surface area contributed by atoms with Gasteiger partial charge in [0, 0.05) is 30.8 Å². The van der Waals surface area contributed by atoms with Crippen LogP contribution in [0, 0.1) is 17.0 Å². The average molecular weight is 395 g/mol. The molecule has 0 atom stereocenters. The lowest BCUT2D eigenvalue weighted by Gasteiger charge is -2.27. The number of benzene rings is 2. The predicted molar refractivity (Wildman–Crippen MR) is 107 cm³/mol. The molecule has 3 rings (SSSR count). The summed E-state index contributed by atoms with van der Waals surface area (Å²) >= 11 is 0. The van der Waals surface area contributed by atoms with Gasteiger partial charge in [-0.25, -0.2) is 0 Å². The van der Waals surface area contributed by atoms with Crippen LogP contribution in [0.15, 0.2) is 54.2 Å². The molecule has 1 saturated heterocycles. The highest BCUT2D eigenvalue weighted by atomic mass is 16.6. The molecule has 1 fully saturated rings. The van der Waals surface area contributed by atoms with Crippen LogP contribution in [0.1, 0.15) is 21.5 Å². The van der Waals surface area contributed by atoms with E-state index in [2.05, 4.69) is 5.32 Å². The van der Waals surface area contributed by atoms with Gasteiger partial charge in [0.25, 0.3) is 17.5 Å². The van der Waals surface area contributed by atoms with Crippen LogP contribution in [-0.4, -0.2) is 47.9 Å². The molecule has 2 aromatic carbocycles. The highest BCUT2D eigenvalue weighted by Crippen LogP contribution is 2.17. The first kappa shape index (κ1) is 20.2. The van der Waals surface area contributed by atoms with E-state index < -0.39 is 10.8 Å². The summed E-state index contributed by atoms with van der Waals surface area (Å²) < 4.78 is 5.28. The first-order chi connectivity index (χ1) is 13.9. The molecule has 1 heterocycles. The first-order valence-electron chi connectivity index (χ1n) is 9.15.